The Morgan fingerprint density at radius 3 is 1.70 bits per heavy atom. The number of aromatic nitrogens is 4. The fraction of sp³-hybridized carbons (Fsp3) is 0.0286. The Morgan fingerprint density at radius 2 is 0.946 bits per heavy atom. The van der Waals surface area contributed by atoms with E-state index in [0.717, 1.165) is 67.0 Å². The lowest BCUT2D eigenvalue weighted by atomic mass is 9.86. The van der Waals surface area contributed by atoms with Gasteiger partial charge in [0.1, 0.15) is 0 Å². The van der Waals surface area contributed by atoms with Crippen LogP contribution in [-0.2, 0) is 6.42 Å². The van der Waals surface area contributed by atoms with Crippen molar-refractivity contribution in [2.24, 2.45) is 0 Å². The molecule has 3 heterocycles. The first kappa shape index (κ1) is 42.1. The summed E-state index contributed by atoms with van der Waals surface area (Å²) in [5.41, 5.74) is 18.4. The molecule has 0 bridgehead atoms. The highest BCUT2D eigenvalue weighted by atomic mass is 15.0. The van der Waals surface area contributed by atoms with Gasteiger partial charge in [-0.25, -0.2) is 9.97 Å². The molecule has 4 heteroatoms. The molecular weight excluding hydrogens is 897 g/mol. The van der Waals surface area contributed by atoms with E-state index in [1.165, 1.54) is 71.8 Å². The van der Waals surface area contributed by atoms with Gasteiger partial charge in [-0.1, -0.05) is 182 Å². The van der Waals surface area contributed by atoms with Crippen molar-refractivity contribution in [1.82, 2.24) is 19.1 Å². The Morgan fingerprint density at radius 1 is 0.365 bits per heavy atom. The highest BCUT2D eigenvalue weighted by molar-refractivity contribution is 6.14. The third kappa shape index (κ3) is 6.91. The molecule has 346 valence electrons. The number of hydrogen-bond donors (Lipinski definition) is 0. The zero-order chi connectivity index (χ0) is 48.7. The summed E-state index contributed by atoms with van der Waals surface area (Å²) in [6.45, 7) is 0. The van der Waals surface area contributed by atoms with Crippen LogP contribution in [0.25, 0.3) is 128 Å². The van der Waals surface area contributed by atoms with E-state index in [1.807, 2.05) is 0 Å². The molecule has 0 radical (unpaired) electrons. The highest BCUT2D eigenvalue weighted by Gasteiger charge is 2.25. The van der Waals surface area contributed by atoms with Gasteiger partial charge in [0.2, 0.25) is 0 Å². The van der Waals surface area contributed by atoms with Crippen molar-refractivity contribution in [2.45, 2.75) is 12.3 Å². The molecule has 0 aliphatic heterocycles. The third-order valence-corrected chi connectivity index (χ3v) is 15.4. The van der Waals surface area contributed by atoms with Crippen molar-refractivity contribution < 1.29 is 0 Å². The molecule has 14 aromatic rings. The highest BCUT2D eigenvalue weighted by Crippen LogP contribution is 2.43. The second-order valence-electron chi connectivity index (χ2n) is 19.7. The second kappa shape index (κ2) is 17.0. The van der Waals surface area contributed by atoms with E-state index in [0.29, 0.717) is 11.7 Å². The minimum atomic E-state index is 0.307. The summed E-state index contributed by atoms with van der Waals surface area (Å²) in [4.78, 5) is 10.8. The van der Waals surface area contributed by atoms with Crippen LogP contribution in [-0.4, -0.2) is 19.1 Å². The van der Waals surface area contributed by atoms with Gasteiger partial charge >= 0.3 is 0 Å². The van der Waals surface area contributed by atoms with E-state index in [4.69, 9.17) is 9.97 Å². The van der Waals surface area contributed by atoms with E-state index in [-0.39, 0.29) is 0 Å². The van der Waals surface area contributed by atoms with Crippen molar-refractivity contribution in [2.75, 3.05) is 0 Å². The van der Waals surface area contributed by atoms with Crippen LogP contribution < -0.4 is 0 Å². The first-order valence-corrected chi connectivity index (χ1v) is 25.6. The number of benzene rings is 11. The summed E-state index contributed by atoms with van der Waals surface area (Å²) in [5.74, 6) is 1.01. The standard InChI is InChI=1S/C70H46N4/c1-4-15-45(16-5-1)50-30-35-64-59(41-50)61-43-52(32-37-65(61)73(64)56-23-8-3-9-24-56)53-33-38-67-62(44-53)60-42-51(46-17-6-2-7-18-46)31-36-66(60)74(67)57-25-14-22-54(40-57)69-68-58-26-13-12-20-48(58)29-34-63(68)71-70(72-69)55-28-27-47-19-10-11-21-49(47)39-55/h1-40,42-44,50H,41H2. The molecule has 0 saturated heterocycles. The molecule has 4 nitrogen and oxygen atoms in total. The van der Waals surface area contributed by atoms with Crippen LogP contribution in [0.4, 0.5) is 0 Å². The molecule has 1 unspecified atom stereocenters. The summed E-state index contributed by atoms with van der Waals surface area (Å²) in [5, 5.41) is 9.40. The summed E-state index contributed by atoms with van der Waals surface area (Å²) < 4.78 is 4.88. The number of nitrogens with zero attached hydrogens (tertiary/aromatic N) is 4. The fourth-order valence-corrected chi connectivity index (χ4v) is 11.9. The summed E-state index contributed by atoms with van der Waals surface area (Å²) in [7, 11) is 0. The van der Waals surface area contributed by atoms with E-state index in [1.54, 1.807) is 0 Å². The number of para-hydroxylation sites is 1. The van der Waals surface area contributed by atoms with Crippen molar-refractivity contribution in [3.63, 3.8) is 0 Å². The molecule has 74 heavy (non-hydrogen) atoms. The Labute approximate surface area is 428 Å². The van der Waals surface area contributed by atoms with Gasteiger partial charge in [0, 0.05) is 55.7 Å². The van der Waals surface area contributed by atoms with Crippen LogP contribution >= 0.6 is 0 Å². The van der Waals surface area contributed by atoms with Crippen molar-refractivity contribution in [3.05, 3.63) is 272 Å². The Balaban J connectivity index is 0.913. The predicted molar refractivity (Wildman–Crippen MR) is 309 cm³/mol. The molecule has 3 aromatic heterocycles. The molecule has 1 atom stereocenters. The molecule has 1 aliphatic carbocycles. The molecule has 0 saturated carbocycles. The first-order valence-electron chi connectivity index (χ1n) is 25.6. The van der Waals surface area contributed by atoms with Gasteiger partial charge in [0.15, 0.2) is 5.82 Å². The van der Waals surface area contributed by atoms with Crippen molar-refractivity contribution in [3.8, 4) is 56.3 Å². The van der Waals surface area contributed by atoms with Crippen LogP contribution in [0.2, 0.25) is 0 Å². The van der Waals surface area contributed by atoms with E-state index >= 15 is 0 Å². The van der Waals surface area contributed by atoms with Gasteiger partial charge in [0.05, 0.1) is 27.8 Å². The van der Waals surface area contributed by atoms with E-state index in [9.17, 15) is 0 Å². The molecular formula is C70H46N4. The molecule has 1 aliphatic rings. The maximum Gasteiger partial charge on any atom is 0.160 e. The number of rotatable bonds is 7. The van der Waals surface area contributed by atoms with Crippen LogP contribution in [0.1, 0.15) is 22.7 Å². The minimum absolute atomic E-state index is 0.307. The quantitative estimate of drug-likeness (QED) is 0.149. The molecule has 11 aromatic carbocycles. The molecule has 15 rings (SSSR count). The lowest BCUT2D eigenvalue weighted by molar-refractivity contribution is 0.825. The maximum atomic E-state index is 5.50. The zero-order valence-corrected chi connectivity index (χ0v) is 40.4. The van der Waals surface area contributed by atoms with Gasteiger partial charge in [-0.3, -0.25) is 0 Å². The van der Waals surface area contributed by atoms with Gasteiger partial charge in [-0.15, -0.1) is 0 Å². The molecule has 0 amide bonds. The lowest BCUT2D eigenvalue weighted by Gasteiger charge is -2.19. The third-order valence-electron chi connectivity index (χ3n) is 15.4. The molecule has 0 fully saturated rings. The normalized spacial score (nSPS) is 13.4. The van der Waals surface area contributed by atoms with Crippen LogP contribution in [0.15, 0.2) is 255 Å². The smallest absolute Gasteiger partial charge is 0.160 e. The Bertz CT molecular complexity index is 4560. The molecule has 0 N–H and O–H groups in total. The summed E-state index contributed by atoms with van der Waals surface area (Å²) in [6, 6.07) is 90.4. The largest absolute Gasteiger partial charge is 0.310 e. The lowest BCUT2D eigenvalue weighted by Crippen LogP contribution is -2.07. The van der Waals surface area contributed by atoms with Crippen LogP contribution in [0.3, 0.4) is 0 Å². The van der Waals surface area contributed by atoms with Gasteiger partial charge < -0.3 is 9.13 Å². The Hall–Kier alpha value is -9.64. The van der Waals surface area contributed by atoms with Gasteiger partial charge in [-0.2, -0.15) is 0 Å². The number of hydrogen-bond acceptors (Lipinski definition) is 2. The SMILES string of the molecule is C1=CC(c2ccccc2)Cc2c1n(-c1ccccc1)c1ccc(-c3ccc4c(c3)c3cc(-c5ccccc5)ccc3n4-c3cccc(-c4nc(-c5ccc6ccccc6c5)nc5ccc6ccccc6c45)c3)cc21. The average Bonchev–Trinajstić information content (AvgIpc) is 4.00. The molecule has 0 spiro atoms. The zero-order valence-electron chi connectivity index (χ0n) is 40.4. The fourth-order valence-electron chi connectivity index (χ4n) is 11.9. The summed E-state index contributed by atoms with van der Waals surface area (Å²) in [6.07, 6.45) is 5.68. The first-order chi connectivity index (χ1) is 36.7. The second-order valence-corrected chi connectivity index (χ2v) is 19.7. The van der Waals surface area contributed by atoms with Crippen molar-refractivity contribution >= 4 is 71.2 Å². The maximum absolute atomic E-state index is 5.50. The summed E-state index contributed by atoms with van der Waals surface area (Å²) >= 11 is 0. The van der Waals surface area contributed by atoms with E-state index < -0.39 is 0 Å². The number of fused-ring (bicyclic) bond motifs is 10. The topological polar surface area (TPSA) is 35.6 Å². The minimum Gasteiger partial charge on any atom is -0.310 e. The predicted octanol–water partition coefficient (Wildman–Crippen LogP) is 18.0. The average molecular weight is 943 g/mol. The van der Waals surface area contributed by atoms with Gasteiger partial charge in [-0.05, 0) is 140 Å². The van der Waals surface area contributed by atoms with Crippen LogP contribution in [0.5, 0.6) is 0 Å². The van der Waals surface area contributed by atoms with Crippen LogP contribution in [0, 0.1) is 0 Å². The monoisotopic (exact) mass is 942 g/mol. The Kier molecular flexibility index (Phi) is 9.67. The van der Waals surface area contributed by atoms with E-state index in [2.05, 4.69) is 270 Å². The van der Waals surface area contributed by atoms with Crippen molar-refractivity contribution in [1.29, 1.82) is 0 Å². The van der Waals surface area contributed by atoms with Gasteiger partial charge in [0.25, 0.3) is 0 Å². The number of allylic oxidation sites excluding steroid dienone is 1.